The molecule has 3 rings (SSSR count). The summed E-state index contributed by atoms with van der Waals surface area (Å²) in [6.07, 6.45) is 1.47. The van der Waals surface area contributed by atoms with Gasteiger partial charge in [-0.3, -0.25) is 9.10 Å². The summed E-state index contributed by atoms with van der Waals surface area (Å²) in [6, 6.07) is 9.89. The number of hydrogen-bond acceptors (Lipinski definition) is 7. The molecule has 10 nitrogen and oxygen atoms in total. The quantitative estimate of drug-likeness (QED) is 0.492. The highest BCUT2D eigenvalue weighted by molar-refractivity contribution is 7.92. The van der Waals surface area contributed by atoms with Crippen molar-refractivity contribution in [1.82, 2.24) is 4.31 Å². The predicted molar refractivity (Wildman–Crippen MR) is 139 cm³/mol. The monoisotopic (exact) mass is 539 g/mol. The first kappa shape index (κ1) is 27.9. The van der Waals surface area contributed by atoms with Crippen molar-refractivity contribution in [3.63, 3.8) is 0 Å². The number of carbonyl (C=O) groups excluding carboxylic acids is 1. The van der Waals surface area contributed by atoms with Crippen molar-refractivity contribution in [3.05, 3.63) is 47.5 Å². The maximum Gasteiger partial charge on any atom is 0.246 e. The Morgan fingerprint density at radius 1 is 1.11 bits per heavy atom. The molecule has 1 N–H and O–H groups in total. The van der Waals surface area contributed by atoms with Crippen LogP contribution in [0.3, 0.4) is 0 Å². The number of carbonyl (C=O) groups is 1. The molecule has 1 amide bonds. The number of ether oxygens (including phenoxy) is 2. The first-order chi connectivity index (χ1) is 16.9. The summed E-state index contributed by atoms with van der Waals surface area (Å²) in [5.74, 6) is -0.180. The molecule has 0 bridgehead atoms. The van der Waals surface area contributed by atoms with Crippen LogP contribution in [0.25, 0.3) is 0 Å². The van der Waals surface area contributed by atoms with Gasteiger partial charge in [0, 0.05) is 31.7 Å². The van der Waals surface area contributed by atoms with Crippen LogP contribution in [0.2, 0.25) is 0 Å². The number of aryl methyl sites for hydroxylation is 1. The minimum atomic E-state index is -3.84. The molecule has 12 heteroatoms. The van der Waals surface area contributed by atoms with Crippen LogP contribution >= 0.6 is 0 Å². The fraction of sp³-hybridized carbons (Fsp3) is 0.458. The predicted octanol–water partition coefficient (Wildman–Crippen LogP) is 2.52. The third kappa shape index (κ3) is 6.55. The molecule has 1 aliphatic rings. The maximum atomic E-state index is 13.1. The van der Waals surface area contributed by atoms with Crippen LogP contribution in [0.5, 0.6) is 5.75 Å². The Kier molecular flexibility index (Phi) is 8.98. The van der Waals surface area contributed by atoms with E-state index in [2.05, 4.69) is 5.32 Å². The number of nitrogens with one attached hydrogen (secondary N) is 1. The molecule has 2 aromatic rings. The zero-order valence-corrected chi connectivity index (χ0v) is 22.6. The minimum absolute atomic E-state index is 0.0390. The van der Waals surface area contributed by atoms with Gasteiger partial charge in [0.05, 0.1) is 32.3 Å². The second-order valence-corrected chi connectivity index (χ2v) is 12.4. The number of rotatable bonds is 10. The van der Waals surface area contributed by atoms with Gasteiger partial charge < -0.3 is 14.8 Å². The van der Waals surface area contributed by atoms with Crippen LogP contribution in [-0.4, -0.2) is 73.3 Å². The van der Waals surface area contributed by atoms with Crippen molar-refractivity contribution < 1.29 is 31.1 Å². The molecule has 0 unspecified atom stereocenters. The van der Waals surface area contributed by atoms with Gasteiger partial charge in [-0.2, -0.15) is 4.31 Å². The standard InChI is InChI=1S/C24H33N3O7S2/c1-18-7-5-8-21(19(18)2)27(35(4,29)30)12-6-9-24(28)25-20-10-11-22(33-3)23(17-20)36(31,32)26-13-15-34-16-14-26/h5,7-8,10-11,17H,6,9,12-16H2,1-4H3,(H,25,28). The zero-order chi connectivity index (χ0) is 26.5. The Hall–Kier alpha value is -2.67. The largest absolute Gasteiger partial charge is 0.495 e. The number of benzene rings is 2. The molecular formula is C24H33N3O7S2. The number of amides is 1. The summed E-state index contributed by atoms with van der Waals surface area (Å²) in [7, 11) is -6.00. The van der Waals surface area contributed by atoms with E-state index in [1.165, 1.54) is 27.9 Å². The summed E-state index contributed by atoms with van der Waals surface area (Å²) < 4.78 is 64.3. The van der Waals surface area contributed by atoms with Crippen molar-refractivity contribution in [1.29, 1.82) is 0 Å². The first-order valence-electron chi connectivity index (χ1n) is 11.5. The molecule has 2 aromatic carbocycles. The average Bonchev–Trinajstić information content (AvgIpc) is 2.83. The molecule has 0 aliphatic carbocycles. The molecule has 0 radical (unpaired) electrons. The molecule has 1 fully saturated rings. The molecule has 36 heavy (non-hydrogen) atoms. The normalized spacial score (nSPS) is 14.9. The Labute approximate surface area is 213 Å². The van der Waals surface area contributed by atoms with Crippen LogP contribution in [-0.2, 0) is 29.6 Å². The number of nitrogens with zero attached hydrogens (tertiary/aromatic N) is 2. The molecule has 0 aromatic heterocycles. The van der Waals surface area contributed by atoms with Crippen molar-refractivity contribution >= 4 is 37.3 Å². The Balaban J connectivity index is 1.70. The van der Waals surface area contributed by atoms with Gasteiger partial charge in [-0.1, -0.05) is 12.1 Å². The second kappa shape index (κ2) is 11.6. The summed E-state index contributed by atoms with van der Waals surface area (Å²) in [4.78, 5) is 12.6. The van der Waals surface area contributed by atoms with E-state index < -0.39 is 20.0 Å². The zero-order valence-electron chi connectivity index (χ0n) is 21.0. The first-order valence-corrected chi connectivity index (χ1v) is 14.8. The van der Waals surface area contributed by atoms with Gasteiger partial charge in [0.25, 0.3) is 0 Å². The van der Waals surface area contributed by atoms with Gasteiger partial charge in [0.1, 0.15) is 10.6 Å². The third-order valence-electron chi connectivity index (χ3n) is 6.05. The fourth-order valence-electron chi connectivity index (χ4n) is 3.96. The number of morpholine rings is 1. The molecule has 0 spiro atoms. The Bertz CT molecular complexity index is 1300. The fourth-order valence-corrected chi connectivity index (χ4v) is 6.56. The van der Waals surface area contributed by atoms with E-state index in [1.807, 2.05) is 19.9 Å². The highest BCUT2D eigenvalue weighted by atomic mass is 32.2. The SMILES string of the molecule is COc1ccc(NC(=O)CCCN(c2cccc(C)c2C)S(C)(=O)=O)cc1S(=O)(=O)N1CCOCC1. The van der Waals surface area contributed by atoms with Gasteiger partial charge in [-0.15, -0.1) is 0 Å². The maximum absolute atomic E-state index is 13.1. The van der Waals surface area contributed by atoms with E-state index in [4.69, 9.17) is 9.47 Å². The van der Waals surface area contributed by atoms with Crippen LogP contribution in [0.1, 0.15) is 24.0 Å². The van der Waals surface area contributed by atoms with E-state index in [-0.39, 0.29) is 49.0 Å². The molecule has 0 saturated carbocycles. The molecule has 1 heterocycles. The number of anilines is 2. The Morgan fingerprint density at radius 3 is 2.44 bits per heavy atom. The molecular weight excluding hydrogens is 506 g/mol. The highest BCUT2D eigenvalue weighted by Gasteiger charge is 2.29. The smallest absolute Gasteiger partial charge is 0.246 e. The van der Waals surface area contributed by atoms with Crippen LogP contribution in [0.4, 0.5) is 11.4 Å². The third-order valence-corrected chi connectivity index (χ3v) is 9.15. The topological polar surface area (TPSA) is 122 Å². The summed E-state index contributed by atoms with van der Waals surface area (Å²) in [5.41, 5.74) is 2.73. The number of hydrogen-bond donors (Lipinski definition) is 1. The molecule has 198 valence electrons. The van der Waals surface area contributed by atoms with Crippen molar-refractivity contribution in [2.24, 2.45) is 0 Å². The van der Waals surface area contributed by atoms with Gasteiger partial charge in [0.15, 0.2) is 0 Å². The molecule has 1 aliphatic heterocycles. The van der Waals surface area contributed by atoms with Crippen molar-refractivity contribution in [3.8, 4) is 5.75 Å². The van der Waals surface area contributed by atoms with Crippen LogP contribution in [0, 0.1) is 13.8 Å². The van der Waals surface area contributed by atoms with Crippen LogP contribution < -0.4 is 14.4 Å². The second-order valence-electron chi connectivity index (χ2n) is 8.59. The van der Waals surface area contributed by atoms with Crippen molar-refractivity contribution in [2.75, 3.05) is 55.8 Å². The summed E-state index contributed by atoms with van der Waals surface area (Å²) in [6.45, 7) is 5.00. The van der Waals surface area contributed by atoms with Crippen LogP contribution in [0.15, 0.2) is 41.3 Å². The minimum Gasteiger partial charge on any atom is -0.495 e. The lowest BCUT2D eigenvalue weighted by molar-refractivity contribution is -0.116. The lowest BCUT2D eigenvalue weighted by Crippen LogP contribution is -2.40. The molecule has 1 saturated heterocycles. The van der Waals surface area contributed by atoms with E-state index in [1.54, 1.807) is 18.2 Å². The summed E-state index contributed by atoms with van der Waals surface area (Å²) in [5, 5.41) is 2.71. The lowest BCUT2D eigenvalue weighted by Gasteiger charge is -2.27. The van der Waals surface area contributed by atoms with Gasteiger partial charge in [-0.25, -0.2) is 16.8 Å². The van der Waals surface area contributed by atoms with Crippen molar-refractivity contribution in [2.45, 2.75) is 31.6 Å². The summed E-state index contributed by atoms with van der Waals surface area (Å²) >= 11 is 0. The number of sulfonamides is 2. The molecule has 0 atom stereocenters. The highest BCUT2D eigenvalue weighted by Crippen LogP contribution is 2.30. The lowest BCUT2D eigenvalue weighted by atomic mass is 10.1. The van der Waals surface area contributed by atoms with E-state index in [0.717, 1.165) is 17.4 Å². The van der Waals surface area contributed by atoms with E-state index in [9.17, 15) is 21.6 Å². The number of methoxy groups -OCH3 is 1. The van der Waals surface area contributed by atoms with Gasteiger partial charge in [-0.05, 0) is 55.7 Å². The Morgan fingerprint density at radius 2 is 1.81 bits per heavy atom. The average molecular weight is 540 g/mol. The van der Waals surface area contributed by atoms with Gasteiger partial charge in [0.2, 0.25) is 26.0 Å². The van der Waals surface area contributed by atoms with Gasteiger partial charge >= 0.3 is 0 Å². The van der Waals surface area contributed by atoms with E-state index >= 15 is 0 Å². The van der Waals surface area contributed by atoms with E-state index in [0.29, 0.717) is 24.6 Å².